The lowest BCUT2D eigenvalue weighted by Crippen LogP contribution is -2.31. The normalized spacial score (nSPS) is 15.6. The van der Waals surface area contributed by atoms with Crippen molar-refractivity contribution in [1.82, 2.24) is 10.3 Å². The smallest absolute Gasteiger partial charge is 0.109 e. The first-order valence-electron chi connectivity index (χ1n) is 7.60. The number of aromatic nitrogens is 1. The lowest BCUT2D eigenvalue weighted by Gasteiger charge is -2.22. The van der Waals surface area contributed by atoms with Crippen molar-refractivity contribution in [1.29, 1.82) is 0 Å². The van der Waals surface area contributed by atoms with Crippen LogP contribution in [0.15, 0.2) is 36.5 Å². The van der Waals surface area contributed by atoms with Crippen molar-refractivity contribution in [3.05, 3.63) is 52.0 Å². The average molecular weight is 303 g/mol. The van der Waals surface area contributed by atoms with Crippen molar-refractivity contribution < 1.29 is 0 Å². The maximum absolute atomic E-state index is 6.34. The number of hydrogen-bond acceptors (Lipinski definition) is 4. The van der Waals surface area contributed by atoms with E-state index >= 15 is 0 Å². The number of nitrogens with zero attached hydrogens (tertiary/aromatic N) is 1. The highest BCUT2D eigenvalue weighted by Crippen LogP contribution is 2.22. The largest absolute Gasteiger partial charge is 0.324 e. The van der Waals surface area contributed by atoms with Gasteiger partial charge < -0.3 is 11.1 Å². The zero-order valence-electron chi connectivity index (χ0n) is 13.0. The van der Waals surface area contributed by atoms with Crippen LogP contribution in [-0.2, 0) is 6.42 Å². The van der Waals surface area contributed by atoms with Gasteiger partial charge in [0.15, 0.2) is 0 Å². The third kappa shape index (κ3) is 4.37. The second-order valence-corrected chi connectivity index (χ2v) is 6.71. The van der Waals surface area contributed by atoms with Crippen LogP contribution in [0.3, 0.4) is 0 Å². The highest BCUT2D eigenvalue weighted by molar-refractivity contribution is 7.11. The predicted octanol–water partition coefficient (Wildman–Crippen LogP) is 3.69. The molecule has 0 aliphatic heterocycles. The minimum absolute atomic E-state index is 0.0633. The number of nitrogens with one attached hydrogen (secondary N) is 1. The fourth-order valence-corrected chi connectivity index (χ4v) is 3.15. The molecule has 114 valence electrons. The van der Waals surface area contributed by atoms with Gasteiger partial charge in [-0.2, -0.15) is 0 Å². The first-order valence-corrected chi connectivity index (χ1v) is 8.42. The summed E-state index contributed by atoms with van der Waals surface area (Å²) >= 11 is 1.79. The first-order chi connectivity index (χ1) is 10.1. The van der Waals surface area contributed by atoms with Crippen LogP contribution in [-0.4, -0.2) is 11.5 Å². The van der Waals surface area contributed by atoms with Crippen LogP contribution in [0.1, 0.15) is 48.3 Å². The summed E-state index contributed by atoms with van der Waals surface area (Å²) in [6.07, 6.45) is 3.04. The van der Waals surface area contributed by atoms with Gasteiger partial charge in [0.25, 0.3) is 0 Å². The Morgan fingerprint density at radius 2 is 1.95 bits per heavy atom. The molecule has 3 N–H and O–H groups in total. The lowest BCUT2D eigenvalue weighted by molar-refractivity contribution is 0.410. The van der Waals surface area contributed by atoms with Crippen LogP contribution < -0.4 is 11.1 Å². The highest BCUT2D eigenvalue weighted by atomic mass is 32.1. The molecule has 0 amide bonds. The van der Waals surface area contributed by atoms with E-state index in [0.717, 1.165) is 18.0 Å². The standard InChI is InChI=1S/C17H25N3S/c1-4-15-11-20-17(21-15)13(3)19-10-12(2)16(18)14-8-6-5-7-9-14/h5-9,11-13,16,19H,4,10,18H2,1-3H3. The third-order valence-corrected chi connectivity index (χ3v) is 5.16. The minimum Gasteiger partial charge on any atom is -0.324 e. The van der Waals surface area contributed by atoms with Crippen LogP contribution in [0.4, 0.5) is 0 Å². The fourth-order valence-electron chi connectivity index (χ4n) is 2.27. The molecule has 0 spiro atoms. The van der Waals surface area contributed by atoms with Gasteiger partial charge in [-0.15, -0.1) is 11.3 Å². The molecule has 0 saturated heterocycles. The Morgan fingerprint density at radius 3 is 2.57 bits per heavy atom. The molecule has 0 radical (unpaired) electrons. The Bertz CT molecular complexity index is 538. The van der Waals surface area contributed by atoms with E-state index < -0.39 is 0 Å². The summed E-state index contributed by atoms with van der Waals surface area (Å²) in [5.74, 6) is 0.375. The SMILES string of the molecule is CCc1cnc(C(C)NCC(C)C(N)c2ccccc2)s1. The molecule has 4 heteroatoms. The molecule has 2 rings (SSSR count). The predicted molar refractivity (Wildman–Crippen MR) is 90.4 cm³/mol. The van der Waals surface area contributed by atoms with E-state index in [1.54, 1.807) is 11.3 Å². The van der Waals surface area contributed by atoms with Crippen LogP contribution in [0.5, 0.6) is 0 Å². The molecule has 0 bridgehead atoms. The van der Waals surface area contributed by atoms with Gasteiger partial charge in [0.1, 0.15) is 5.01 Å². The van der Waals surface area contributed by atoms with E-state index in [1.807, 2.05) is 24.4 Å². The van der Waals surface area contributed by atoms with E-state index in [4.69, 9.17) is 5.73 Å². The number of benzene rings is 1. The number of thiazole rings is 1. The van der Waals surface area contributed by atoms with E-state index in [1.165, 1.54) is 10.4 Å². The Labute approximate surface area is 131 Å². The molecule has 3 nitrogen and oxygen atoms in total. The lowest BCUT2D eigenvalue weighted by atomic mass is 9.95. The Morgan fingerprint density at radius 1 is 1.24 bits per heavy atom. The molecule has 2 aromatic rings. The van der Waals surface area contributed by atoms with Gasteiger partial charge in [-0.05, 0) is 24.8 Å². The van der Waals surface area contributed by atoms with Gasteiger partial charge in [-0.3, -0.25) is 0 Å². The molecule has 21 heavy (non-hydrogen) atoms. The summed E-state index contributed by atoms with van der Waals surface area (Å²) in [5.41, 5.74) is 7.53. The molecular formula is C17H25N3S. The van der Waals surface area contributed by atoms with Crippen molar-refractivity contribution in [2.75, 3.05) is 6.54 Å². The van der Waals surface area contributed by atoms with Crippen LogP contribution in [0, 0.1) is 5.92 Å². The van der Waals surface area contributed by atoms with E-state index in [9.17, 15) is 0 Å². The number of aryl methyl sites for hydroxylation is 1. The summed E-state index contributed by atoms with van der Waals surface area (Å²) in [6, 6.07) is 10.6. The number of nitrogens with two attached hydrogens (primary N) is 1. The molecule has 0 saturated carbocycles. The van der Waals surface area contributed by atoms with Crippen molar-refractivity contribution in [2.45, 2.75) is 39.3 Å². The molecule has 3 atom stereocenters. The Hall–Kier alpha value is -1.23. The van der Waals surface area contributed by atoms with Crippen molar-refractivity contribution >= 4 is 11.3 Å². The van der Waals surface area contributed by atoms with Gasteiger partial charge in [0, 0.05) is 23.7 Å². The van der Waals surface area contributed by atoms with Gasteiger partial charge in [-0.1, -0.05) is 44.2 Å². The number of rotatable bonds is 7. The van der Waals surface area contributed by atoms with Gasteiger partial charge in [-0.25, -0.2) is 4.98 Å². The first kappa shape index (κ1) is 16.1. The summed E-state index contributed by atoms with van der Waals surface area (Å²) in [5, 5.41) is 4.71. The number of hydrogen-bond donors (Lipinski definition) is 2. The Balaban J connectivity index is 1.87. The summed E-state index contributed by atoms with van der Waals surface area (Å²) in [7, 11) is 0. The molecule has 0 aliphatic rings. The zero-order chi connectivity index (χ0) is 15.2. The molecule has 1 aromatic heterocycles. The summed E-state index contributed by atoms with van der Waals surface area (Å²) in [6.45, 7) is 7.41. The van der Waals surface area contributed by atoms with Crippen molar-refractivity contribution in [3.63, 3.8) is 0 Å². The maximum Gasteiger partial charge on any atom is 0.109 e. The van der Waals surface area contributed by atoms with E-state index in [0.29, 0.717) is 5.92 Å². The van der Waals surface area contributed by atoms with Crippen molar-refractivity contribution in [3.8, 4) is 0 Å². The summed E-state index contributed by atoms with van der Waals surface area (Å²) < 4.78 is 0. The molecule has 1 heterocycles. The van der Waals surface area contributed by atoms with Gasteiger partial charge in [0.2, 0.25) is 0 Å². The van der Waals surface area contributed by atoms with Crippen LogP contribution >= 0.6 is 11.3 Å². The fraction of sp³-hybridized carbons (Fsp3) is 0.471. The molecular weight excluding hydrogens is 278 g/mol. The van der Waals surface area contributed by atoms with E-state index in [2.05, 4.69) is 43.2 Å². The van der Waals surface area contributed by atoms with Gasteiger partial charge >= 0.3 is 0 Å². The van der Waals surface area contributed by atoms with E-state index in [-0.39, 0.29) is 12.1 Å². The highest BCUT2D eigenvalue weighted by Gasteiger charge is 2.16. The minimum atomic E-state index is 0.0633. The topological polar surface area (TPSA) is 50.9 Å². The quantitative estimate of drug-likeness (QED) is 0.820. The molecule has 3 unspecified atom stereocenters. The van der Waals surface area contributed by atoms with Crippen LogP contribution in [0.25, 0.3) is 0 Å². The molecule has 1 aromatic carbocycles. The molecule has 0 fully saturated rings. The monoisotopic (exact) mass is 303 g/mol. The second-order valence-electron chi connectivity index (χ2n) is 5.56. The zero-order valence-corrected chi connectivity index (χ0v) is 13.9. The average Bonchev–Trinajstić information content (AvgIpc) is 3.01. The maximum atomic E-state index is 6.34. The second kappa shape index (κ2) is 7.69. The Kier molecular flexibility index (Phi) is 5.91. The summed E-state index contributed by atoms with van der Waals surface area (Å²) in [4.78, 5) is 5.83. The third-order valence-electron chi connectivity index (χ3n) is 3.83. The van der Waals surface area contributed by atoms with Gasteiger partial charge in [0.05, 0.1) is 6.04 Å². The van der Waals surface area contributed by atoms with Crippen molar-refractivity contribution in [2.24, 2.45) is 11.7 Å². The molecule has 0 aliphatic carbocycles. The van der Waals surface area contributed by atoms with Crippen LogP contribution in [0.2, 0.25) is 0 Å².